The number of guanidine groups is 1. The lowest BCUT2D eigenvalue weighted by molar-refractivity contribution is -0.147. The zero-order valence-corrected chi connectivity index (χ0v) is 38.2. The number of imidazole rings is 1. The fourth-order valence-electron chi connectivity index (χ4n) is 8.74. The van der Waals surface area contributed by atoms with Crippen molar-refractivity contribution in [2.75, 3.05) is 31.7 Å². The van der Waals surface area contributed by atoms with Crippen molar-refractivity contribution in [3.8, 4) is 0 Å². The van der Waals surface area contributed by atoms with Gasteiger partial charge in [-0.1, -0.05) is 18.2 Å². The summed E-state index contributed by atoms with van der Waals surface area (Å²) in [7, 11) is 0. The van der Waals surface area contributed by atoms with Crippen LogP contribution in [0, 0.1) is 13.8 Å². The number of hydrogen-bond acceptors (Lipinski definition) is 13. The first kappa shape index (κ1) is 45.9. The van der Waals surface area contributed by atoms with E-state index in [-0.39, 0.29) is 38.0 Å². The van der Waals surface area contributed by atoms with Crippen LogP contribution < -0.4 is 16.4 Å². The van der Waals surface area contributed by atoms with Crippen LogP contribution in [0.3, 0.4) is 0 Å². The Balaban J connectivity index is 1.12. The highest BCUT2D eigenvalue weighted by Crippen LogP contribution is 2.38. The van der Waals surface area contributed by atoms with E-state index in [1.807, 2.05) is 51.0 Å². The van der Waals surface area contributed by atoms with Crippen molar-refractivity contribution in [3.63, 3.8) is 0 Å². The molecule has 66 heavy (non-hydrogen) atoms. The average Bonchev–Trinajstić information content (AvgIpc) is 4.10. The number of aldehydes is 1. The van der Waals surface area contributed by atoms with Gasteiger partial charge in [0.15, 0.2) is 5.79 Å². The van der Waals surface area contributed by atoms with Gasteiger partial charge in [-0.05, 0) is 96.4 Å². The van der Waals surface area contributed by atoms with Gasteiger partial charge in [0.05, 0.1) is 61.0 Å². The molecule has 1 saturated heterocycles. The van der Waals surface area contributed by atoms with Crippen LogP contribution in [0.15, 0.2) is 82.2 Å². The molecule has 3 amide bonds. The Morgan fingerprint density at radius 3 is 2.29 bits per heavy atom. The van der Waals surface area contributed by atoms with E-state index in [4.69, 9.17) is 34.7 Å². The van der Waals surface area contributed by atoms with Crippen LogP contribution in [0.5, 0.6) is 0 Å². The van der Waals surface area contributed by atoms with Gasteiger partial charge in [-0.15, -0.1) is 0 Å². The van der Waals surface area contributed by atoms with E-state index >= 15 is 0 Å². The van der Waals surface area contributed by atoms with E-state index in [9.17, 15) is 19.2 Å². The molecular weight excluding hydrogens is 847 g/mol. The molecule has 19 nitrogen and oxygen atoms in total. The zero-order valence-electron chi connectivity index (χ0n) is 38.2. The highest BCUT2D eigenvalue weighted by molar-refractivity contribution is 6.06. The topological polar surface area (TPSA) is 224 Å². The maximum atomic E-state index is 14.1. The van der Waals surface area contributed by atoms with Gasteiger partial charge >= 0.3 is 0 Å². The number of nitrogens with two attached hydrogens (primary N) is 1. The average molecular weight is 904 g/mol. The van der Waals surface area contributed by atoms with E-state index in [1.54, 1.807) is 45.8 Å². The number of aliphatic imine (C=N–C) groups is 1. The monoisotopic (exact) mass is 903 g/mol. The summed E-state index contributed by atoms with van der Waals surface area (Å²) in [5.74, 6) is -1.67. The summed E-state index contributed by atoms with van der Waals surface area (Å²) in [5, 5.41) is 14.9. The van der Waals surface area contributed by atoms with Crippen molar-refractivity contribution < 1.29 is 38.1 Å². The molecule has 0 spiro atoms. The molecule has 19 heteroatoms. The first-order chi connectivity index (χ1) is 31.7. The third kappa shape index (κ3) is 9.92. The minimum Gasteiger partial charge on any atom is -0.492 e. The third-order valence-electron chi connectivity index (χ3n) is 11.7. The third-order valence-corrected chi connectivity index (χ3v) is 11.7. The van der Waals surface area contributed by atoms with Gasteiger partial charge in [0, 0.05) is 37.1 Å². The molecule has 1 fully saturated rings. The molecule has 5 heterocycles. The largest absolute Gasteiger partial charge is 0.492 e. The quantitative estimate of drug-likeness (QED) is 0.0899. The van der Waals surface area contributed by atoms with Crippen LogP contribution >= 0.6 is 0 Å². The predicted octanol–water partition coefficient (Wildman–Crippen LogP) is 4.87. The molecule has 4 aliphatic rings. The fraction of sp³-hybridized carbons (Fsp3) is 0.447. The normalized spacial score (nSPS) is 20.0. The SMILES string of the molecule is CCn1nc(C)cc1C(=O)NC1=NC2CC(C(N)=O)=CC(OCCCOCC3=CCCC=C3)=C2N1CC1OC(C)(C)O[C@@H]1Cn1c(NC(=O)c2cc(C)nn2CC)nc2cc(C=O)ccc21. The molecule has 348 valence electrons. The van der Waals surface area contributed by atoms with Gasteiger partial charge in [0.25, 0.3) is 11.8 Å². The number of allylic oxidation sites excluding steroid dienone is 3. The first-order valence-corrected chi connectivity index (χ1v) is 22.4. The number of nitrogens with zero attached hydrogens (tertiary/aromatic N) is 8. The van der Waals surface area contributed by atoms with Crippen molar-refractivity contribution in [3.05, 3.63) is 106 Å². The second kappa shape index (κ2) is 19.4. The van der Waals surface area contributed by atoms with Crippen molar-refractivity contribution in [1.82, 2.24) is 39.3 Å². The van der Waals surface area contributed by atoms with Gasteiger partial charge in [0.1, 0.15) is 41.7 Å². The van der Waals surface area contributed by atoms with Crippen LogP contribution in [0.2, 0.25) is 0 Å². The van der Waals surface area contributed by atoms with Crippen LogP contribution in [-0.4, -0.2) is 114 Å². The lowest BCUT2D eigenvalue weighted by Gasteiger charge is -2.31. The Kier molecular flexibility index (Phi) is 13.5. The molecule has 0 bridgehead atoms. The number of amides is 3. The Morgan fingerprint density at radius 2 is 1.64 bits per heavy atom. The number of nitrogens with one attached hydrogen (secondary N) is 2. The summed E-state index contributed by atoms with van der Waals surface area (Å²) >= 11 is 0. The minimum atomic E-state index is -1.07. The Bertz CT molecular complexity index is 2700. The number of hydrogen-bond donors (Lipinski definition) is 3. The maximum Gasteiger partial charge on any atom is 0.276 e. The van der Waals surface area contributed by atoms with Crippen LogP contribution in [0.1, 0.15) is 96.1 Å². The van der Waals surface area contributed by atoms with Gasteiger partial charge < -0.3 is 34.1 Å². The van der Waals surface area contributed by atoms with Crippen LogP contribution in [0.25, 0.3) is 11.0 Å². The predicted molar refractivity (Wildman–Crippen MR) is 244 cm³/mol. The number of aromatic nitrogens is 6. The molecule has 0 saturated carbocycles. The molecule has 8 rings (SSSR count). The number of carbonyl (C=O) groups excluding carboxylic acids is 4. The Morgan fingerprint density at radius 1 is 0.939 bits per heavy atom. The number of benzene rings is 1. The van der Waals surface area contributed by atoms with Crippen molar-refractivity contribution in [1.29, 1.82) is 0 Å². The summed E-state index contributed by atoms with van der Waals surface area (Å²) in [6.07, 6.45) is 10.2. The summed E-state index contributed by atoms with van der Waals surface area (Å²) < 4.78 is 30.8. The molecule has 2 unspecified atom stereocenters. The molecule has 3 atom stereocenters. The van der Waals surface area contributed by atoms with E-state index in [2.05, 4.69) is 39.1 Å². The van der Waals surface area contributed by atoms with Crippen molar-refractivity contribution in [2.24, 2.45) is 10.7 Å². The first-order valence-electron chi connectivity index (χ1n) is 22.4. The van der Waals surface area contributed by atoms with Crippen LogP contribution in [-0.2, 0) is 43.4 Å². The molecule has 4 aromatic rings. The molecule has 4 N–H and O–H groups in total. The molecule has 2 aliphatic heterocycles. The van der Waals surface area contributed by atoms with E-state index < -0.39 is 41.8 Å². The number of aryl methyl sites for hydroxylation is 4. The molecular formula is C47H57N11O8. The maximum absolute atomic E-state index is 14.1. The Labute approximate surface area is 382 Å². The van der Waals surface area contributed by atoms with Gasteiger partial charge in [0.2, 0.25) is 17.8 Å². The summed E-state index contributed by atoms with van der Waals surface area (Å²) in [4.78, 5) is 64.1. The second-order valence-corrected chi connectivity index (χ2v) is 17.1. The fourth-order valence-corrected chi connectivity index (χ4v) is 8.74. The van der Waals surface area contributed by atoms with E-state index in [0.29, 0.717) is 89.1 Å². The lowest BCUT2D eigenvalue weighted by Crippen LogP contribution is -2.47. The smallest absolute Gasteiger partial charge is 0.276 e. The zero-order chi connectivity index (χ0) is 46.7. The summed E-state index contributed by atoms with van der Waals surface area (Å²) in [6, 6.07) is 7.91. The summed E-state index contributed by atoms with van der Waals surface area (Å²) in [5.41, 5.74) is 11.6. The van der Waals surface area contributed by atoms with Crippen molar-refractivity contribution >= 4 is 46.9 Å². The molecule has 3 aromatic heterocycles. The number of primary amides is 1. The molecule has 1 aromatic carbocycles. The highest BCUT2D eigenvalue weighted by Gasteiger charge is 2.47. The summed E-state index contributed by atoms with van der Waals surface area (Å²) in [6.45, 7) is 13.5. The van der Waals surface area contributed by atoms with Crippen LogP contribution in [0.4, 0.5) is 5.95 Å². The van der Waals surface area contributed by atoms with Gasteiger partial charge in [-0.25, -0.2) is 9.98 Å². The van der Waals surface area contributed by atoms with Gasteiger partial charge in [-0.3, -0.25) is 39.2 Å². The standard InChI is InChI=1S/C47H57N11O8/c1-7-57-36(19-28(3)53-57)43(61)51-45-49-33-21-31(26-59)15-16-35(33)55(45)24-39-40(66-47(5,6)65-39)25-56-41-34(50-46(56)52-44(62)37-20-29(4)54-58(37)8-2)22-32(42(48)60)23-38(41)64-18-12-17-63-27-30-13-10-9-11-14-30/h10,13-16,19-21,23,26,34,39-40H,7-9,11-12,17-18,22,24-25,27H2,1-6H3,(H2,48,60)(H,49,51,61)(H,50,52,62)/t34?,39-,40?/m1/s1. The molecule has 0 radical (unpaired) electrons. The van der Waals surface area contributed by atoms with E-state index in [0.717, 1.165) is 24.7 Å². The number of fused-ring (bicyclic) bond motifs is 2. The minimum absolute atomic E-state index is 0.113. The lowest BCUT2D eigenvalue weighted by atomic mass is 9.96. The second-order valence-electron chi connectivity index (χ2n) is 17.1. The number of rotatable bonds is 18. The van der Waals surface area contributed by atoms with Gasteiger partial charge in [-0.2, -0.15) is 10.2 Å². The number of anilines is 1. The Hall–Kier alpha value is -6.70. The number of ether oxygens (including phenoxy) is 4. The number of carbonyl (C=O) groups is 4. The highest BCUT2D eigenvalue weighted by atomic mass is 16.8. The van der Waals surface area contributed by atoms with E-state index in [1.165, 1.54) is 0 Å². The molecule has 2 aliphatic carbocycles. The van der Waals surface area contributed by atoms with Crippen molar-refractivity contribution in [2.45, 2.75) is 111 Å².